The highest BCUT2D eigenvalue weighted by Gasteiger charge is 2.31. The van der Waals surface area contributed by atoms with Gasteiger partial charge in [-0.15, -0.1) is 0 Å². The van der Waals surface area contributed by atoms with Crippen LogP contribution in [0.3, 0.4) is 0 Å². The monoisotopic (exact) mass is 329 g/mol. The summed E-state index contributed by atoms with van der Waals surface area (Å²) in [5.41, 5.74) is 5.75. The van der Waals surface area contributed by atoms with Crippen LogP contribution >= 0.6 is 0 Å². The van der Waals surface area contributed by atoms with E-state index in [4.69, 9.17) is 5.73 Å². The van der Waals surface area contributed by atoms with E-state index >= 15 is 0 Å². The van der Waals surface area contributed by atoms with Gasteiger partial charge in [-0.05, 0) is 24.1 Å². The molecule has 23 heavy (non-hydrogen) atoms. The molecule has 1 heterocycles. The van der Waals surface area contributed by atoms with Crippen molar-refractivity contribution in [2.24, 2.45) is 11.7 Å². The molecule has 128 valence electrons. The number of amides is 1. The summed E-state index contributed by atoms with van der Waals surface area (Å²) in [6.07, 6.45) is -4.35. The highest BCUT2D eigenvalue weighted by Crippen LogP contribution is 2.31. The van der Waals surface area contributed by atoms with Crippen LogP contribution < -0.4 is 10.6 Å². The van der Waals surface area contributed by atoms with E-state index in [0.29, 0.717) is 31.9 Å². The normalized spacial score (nSPS) is 17.5. The van der Waals surface area contributed by atoms with Crippen LogP contribution in [0.4, 0.5) is 18.9 Å². The van der Waals surface area contributed by atoms with Crippen molar-refractivity contribution < 1.29 is 18.0 Å². The van der Waals surface area contributed by atoms with Crippen molar-refractivity contribution in [2.45, 2.75) is 26.1 Å². The molecule has 1 atom stereocenters. The SMILES string of the molecule is CC(C)[C@@H](N)C(=O)N1CCN(c2cccc(C(F)(F)F)c2)CC1. The number of nitrogens with two attached hydrogens (primary N) is 1. The molecule has 0 unspecified atom stereocenters. The Balaban J connectivity index is 2.01. The maximum Gasteiger partial charge on any atom is 0.416 e. The fraction of sp³-hybridized carbons (Fsp3) is 0.562. The molecule has 0 radical (unpaired) electrons. The molecule has 4 nitrogen and oxygen atoms in total. The number of alkyl halides is 3. The lowest BCUT2D eigenvalue weighted by Gasteiger charge is -2.37. The number of carbonyl (C=O) groups excluding carboxylic acids is 1. The van der Waals surface area contributed by atoms with Gasteiger partial charge in [0.2, 0.25) is 5.91 Å². The Bertz CT molecular complexity index is 552. The molecule has 1 aliphatic heterocycles. The minimum atomic E-state index is -4.35. The Kier molecular flexibility index (Phi) is 5.19. The summed E-state index contributed by atoms with van der Waals surface area (Å²) < 4.78 is 38.3. The average Bonchev–Trinajstić information content (AvgIpc) is 2.53. The van der Waals surface area contributed by atoms with Crippen molar-refractivity contribution in [3.63, 3.8) is 0 Å². The highest BCUT2D eigenvalue weighted by atomic mass is 19.4. The molecule has 1 fully saturated rings. The van der Waals surface area contributed by atoms with E-state index < -0.39 is 17.8 Å². The Morgan fingerprint density at radius 2 is 1.78 bits per heavy atom. The Morgan fingerprint density at radius 1 is 1.17 bits per heavy atom. The Hall–Kier alpha value is -1.76. The molecule has 0 spiro atoms. The molecule has 0 bridgehead atoms. The maximum atomic E-state index is 12.8. The molecule has 1 aromatic rings. The molecule has 1 saturated heterocycles. The van der Waals surface area contributed by atoms with Gasteiger partial charge in [0.15, 0.2) is 0 Å². The summed E-state index contributed by atoms with van der Waals surface area (Å²) in [5, 5.41) is 0. The molecular weight excluding hydrogens is 307 g/mol. The van der Waals surface area contributed by atoms with Gasteiger partial charge in [0.05, 0.1) is 11.6 Å². The van der Waals surface area contributed by atoms with Gasteiger partial charge in [0.1, 0.15) is 0 Å². The van der Waals surface area contributed by atoms with Crippen LogP contribution in [0.25, 0.3) is 0 Å². The molecule has 1 aromatic carbocycles. The van der Waals surface area contributed by atoms with Gasteiger partial charge in [-0.25, -0.2) is 0 Å². The fourth-order valence-electron chi connectivity index (χ4n) is 2.56. The van der Waals surface area contributed by atoms with Crippen molar-refractivity contribution >= 4 is 11.6 Å². The van der Waals surface area contributed by atoms with E-state index in [1.165, 1.54) is 6.07 Å². The van der Waals surface area contributed by atoms with Gasteiger partial charge in [-0.1, -0.05) is 19.9 Å². The molecule has 1 amide bonds. The second-order valence-corrected chi connectivity index (χ2v) is 6.13. The largest absolute Gasteiger partial charge is 0.416 e. The number of nitrogens with zero attached hydrogens (tertiary/aromatic N) is 2. The molecule has 1 aliphatic rings. The lowest BCUT2D eigenvalue weighted by atomic mass is 10.0. The topological polar surface area (TPSA) is 49.6 Å². The van der Waals surface area contributed by atoms with Crippen molar-refractivity contribution in [2.75, 3.05) is 31.1 Å². The summed E-state index contributed by atoms with van der Waals surface area (Å²) in [5.74, 6) is -0.0345. The van der Waals surface area contributed by atoms with Gasteiger partial charge in [0.25, 0.3) is 0 Å². The molecule has 0 saturated carbocycles. The molecule has 2 rings (SSSR count). The third-order valence-electron chi connectivity index (χ3n) is 4.13. The predicted octanol–water partition coefficient (Wildman–Crippen LogP) is 2.34. The first kappa shape index (κ1) is 17.6. The number of halogens is 3. The van der Waals surface area contributed by atoms with Crippen LogP contribution in [-0.4, -0.2) is 43.0 Å². The third-order valence-corrected chi connectivity index (χ3v) is 4.13. The molecule has 7 heteroatoms. The summed E-state index contributed by atoms with van der Waals surface area (Å²) in [6, 6.07) is 4.74. The number of hydrogen-bond acceptors (Lipinski definition) is 3. The second-order valence-electron chi connectivity index (χ2n) is 6.13. The summed E-state index contributed by atoms with van der Waals surface area (Å²) >= 11 is 0. The zero-order valence-electron chi connectivity index (χ0n) is 13.3. The van der Waals surface area contributed by atoms with Gasteiger partial charge < -0.3 is 15.5 Å². The average molecular weight is 329 g/mol. The molecular formula is C16H22F3N3O. The van der Waals surface area contributed by atoms with Crippen molar-refractivity contribution in [1.29, 1.82) is 0 Å². The zero-order valence-corrected chi connectivity index (χ0v) is 13.3. The number of piperazine rings is 1. The van der Waals surface area contributed by atoms with Crippen molar-refractivity contribution in [3.8, 4) is 0 Å². The quantitative estimate of drug-likeness (QED) is 0.926. The van der Waals surface area contributed by atoms with Crippen LogP contribution in [0.5, 0.6) is 0 Å². The smallest absolute Gasteiger partial charge is 0.368 e. The van der Waals surface area contributed by atoms with Crippen LogP contribution in [0.1, 0.15) is 19.4 Å². The highest BCUT2D eigenvalue weighted by molar-refractivity contribution is 5.82. The van der Waals surface area contributed by atoms with Crippen molar-refractivity contribution in [3.05, 3.63) is 29.8 Å². The van der Waals surface area contributed by atoms with Crippen LogP contribution in [0.15, 0.2) is 24.3 Å². The number of anilines is 1. The van der Waals surface area contributed by atoms with E-state index in [1.54, 1.807) is 11.0 Å². The number of hydrogen-bond donors (Lipinski definition) is 1. The van der Waals surface area contributed by atoms with Gasteiger partial charge >= 0.3 is 6.18 Å². The summed E-state index contributed by atoms with van der Waals surface area (Å²) in [7, 11) is 0. The Morgan fingerprint density at radius 3 is 2.30 bits per heavy atom. The zero-order chi connectivity index (χ0) is 17.2. The fourth-order valence-corrected chi connectivity index (χ4v) is 2.56. The third kappa shape index (κ3) is 4.16. The lowest BCUT2D eigenvalue weighted by molar-refractivity contribution is -0.137. The molecule has 0 aliphatic carbocycles. The standard InChI is InChI=1S/C16H22F3N3O/c1-11(2)14(20)15(23)22-8-6-21(7-9-22)13-5-3-4-12(10-13)16(17,18)19/h3-5,10-11,14H,6-9,20H2,1-2H3/t14-/m1/s1. The second kappa shape index (κ2) is 6.78. The predicted molar refractivity (Wildman–Crippen MR) is 83.1 cm³/mol. The summed E-state index contributed by atoms with van der Waals surface area (Å²) in [6.45, 7) is 5.71. The number of rotatable bonds is 3. The Labute approximate surface area is 134 Å². The van der Waals surface area contributed by atoms with Gasteiger partial charge in [-0.3, -0.25) is 4.79 Å². The first-order valence-corrected chi connectivity index (χ1v) is 7.66. The van der Waals surface area contributed by atoms with E-state index in [1.807, 2.05) is 18.7 Å². The van der Waals surface area contributed by atoms with E-state index in [9.17, 15) is 18.0 Å². The minimum absolute atomic E-state index is 0.0593. The first-order valence-electron chi connectivity index (χ1n) is 7.66. The number of carbonyl (C=O) groups is 1. The van der Waals surface area contributed by atoms with Crippen molar-refractivity contribution in [1.82, 2.24) is 4.90 Å². The van der Waals surface area contributed by atoms with Crippen LogP contribution in [-0.2, 0) is 11.0 Å². The maximum absolute atomic E-state index is 12.8. The van der Waals surface area contributed by atoms with E-state index in [2.05, 4.69) is 0 Å². The first-order chi connectivity index (χ1) is 10.7. The van der Waals surface area contributed by atoms with Gasteiger partial charge in [-0.2, -0.15) is 13.2 Å². The minimum Gasteiger partial charge on any atom is -0.368 e. The van der Waals surface area contributed by atoms with Crippen LogP contribution in [0.2, 0.25) is 0 Å². The lowest BCUT2D eigenvalue weighted by Crippen LogP contribution is -2.54. The van der Waals surface area contributed by atoms with E-state index in [-0.39, 0.29) is 11.8 Å². The number of benzene rings is 1. The van der Waals surface area contributed by atoms with E-state index in [0.717, 1.165) is 12.1 Å². The molecule has 2 N–H and O–H groups in total. The van der Waals surface area contributed by atoms with Crippen LogP contribution in [0, 0.1) is 5.92 Å². The summed E-state index contributed by atoms with van der Waals surface area (Å²) in [4.78, 5) is 15.8. The molecule has 0 aromatic heterocycles. The van der Waals surface area contributed by atoms with Gasteiger partial charge in [0, 0.05) is 31.9 Å².